The number of nitrogens with zero attached hydrogens (tertiary/aromatic N) is 2. The molecule has 2 aromatic rings. The van der Waals surface area contributed by atoms with Crippen molar-refractivity contribution in [1.82, 2.24) is 9.78 Å². The van der Waals surface area contributed by atoms with Crippen molar-refractivity contribution in [2.24, 2.45) is 0 Å². The number of aromatic nitrogens is 2. The Bertz CT molecular complexity index is 549. The molecule has 1 N–H and O–H groups in total. The maximum atomic E-state index is 10.5. The lowest BCUT2D eigenvalue weighted by atomic mass is 9.86. The van der Waals surface area contributed by atoms with Gasteiger partial charge in [-0.2, -0.15) is 5.10 Å². The van der Waals surface area contributed by atoms with Gasteiger partial charge in [0.05, 0.1) is 5.69 Å². The number of aliphatic hydroxyl groups excluding tert-OH is 1. The van der Waals surface area contributed by atoms with Gasteiger partial charge in [-0.3, -0.25) is 4.68 Å². The lowest BCUT2D eigenvalue weighted by molar-refractivity contribution is 0.207. The van der Waals surface area contributed by atoms with Crippen molar-refractivity contribution in [2.75, 3.05) is 0 Å². The third kappa shape index (κ3) is 3.10. The van der Waals surface area contributed by atoms with E-state index in [1.54, 1.807) is 6.20 Å². The Labute approximate surface area is 121 Å². The molecule has 0 aliphatic heterocycles. The molecule has 0 bridgehead atoms. The molecule has 3 nitrogen and oxygen atoms in total. The van der Waals surface area contributed by atoms with Crippen molar-refractivity contribution < 1.29 is 5.11 Å². The highest BCUT2D eigenvalue weighted by Gasteiger charge is 2.17. The first-order chi connectivity index (χ1) is 9.43. The fraction of sp³-hybridized carbons (Fsp3) is 0.471. The zero-order valence-electron chi connectivity index (χ0n) is 12.8. The van der Waals surface area contributed by atoms with Gasteiger partial charge in [0.1, 0.15) is 6.10 Å². The second-order valence-electron chi connectivity index (χ2n) is 6.25. The van der Waals surface area contributed by atoms with Crippen LogP contribution in [0.25, 0.3) is 0 Å². The summed E-state index contributed by atoms with van der Waals surface area (Å²) in [6.45, 7) is 9.51. The zero-order valence-corrected chi connectivity index (χ0v) is 12.8. The normalized spacial score (nSPS) is 13.4. The predicted molar refractivity (Wildman–Crippen MR) is 81.7 cm³/mol. The number of hydrogen-bond acceptors (Lipinski definition) is 2. The van der Waals surface area contributed by atoms with Gasteiger partial charge < -0.3 is 5.11 Å². The van der Waals surface area contributed by atoms with Crippen LogP contribution in [-0.4, -0.2) is 14.9 Å². The second-order valence-corrected chi connectivity index (χ2v) is 6.25. The Hall–Kier alpha value is -1.61. The molecule has 1 heterocycles. The van der Waals surface area contributed by atoms with E-state index >= 15 is 0 Å². The summed E-state index contributed by atoms with van der Waals surface area (Å²) in [4.78, 5) is 0. The molecule has 20 heavy (non-hydrogen) atoms. The molecule has 0 radical (unpaired) electrons. The van der Waals surface area contributed by atoms with Crippen LogP contribution in [0.4, 0.5) is 0 Å². The fourth-order valence-electron chi connectivity index (χ4n) is 2.31. The lowest BCUT2D eigenvalue weighted by Crippen LogP contribution is -2.12. The van der Waals surface area contributed by atoms with Crippen molar-refractivity contribution in [3.8, 4) is 0 Å². The van der Waals surface area contributed by atoms with Crippen molar-refractivity contribution in [3.05, 3.63) is 53.3 Å². The maximum Gasteiger partial charge on any atom is 0.121 e. The molecule has 0 spiro atoms. The molecule has 1 atom stereocenters. The molecule has 3 heteroatoms. The van der Waals surface area contributed by atoms with Gasteiger partial charge in [-0.15, -0.1) is 0 Å². The van der Waals surface area contributed by atoms with Crippen LogP contribution in [0.15, 0.2) is 36.5 Å². The van der Waals surface area contributed by atoms with Crippen LogP contribution in [0.3, 0.4) is 0 Å². The van der Waals surface area contributed by atoms with Crippen molar-refractivity contribution in [3.63, 3.8) is 0 Å². The number of aliphatic hydroxyl groups is 1. The third-order valence-corrected chi connectivity index (χ3v) is 3.56. The standard InChI is InChI=1S/C17H24N2O/c1-5-12-19-15(10-11-18-19)16(20)13-6-8-14(9-7-13)17(2,3)4/h6-11,16,20H,5,12H2,1-4H3. The Morgan fingerprint density at radius 3 is 2.35 bits per heavy atom. The molecule has 2 rings (SSSR count). The third-order valence-electron chi connectivity index (χ3n) is 3.56. The van der Waals surface area contributed by atoms with Crippen LogP contribution in [0, 0.1) is 0 Å². The molecular weight excluding hydrogens is 248 g/mol. The Kier molecular flexibility index (Phi) is 4.29. The number of hydrogen-bond donors (Lipinski definition) is 1. The van der Waals surface area contributed by atoms with E-state index in [4.69, 9.17) is 0 Å². The minimum absolute atomic E-state index is 0.132. The van der Waals surface area contributed by atoms with Crippen LogP contribution < -0.4 is 0 Å². The number of aryl methyl sites for hydroxylation is 1. The summed E-state index contributed by atoms with van der Waals surface area (Å²) in [7, 11) is 0. The van der Waals surface area contributed by atoms with Crippen LogP contribution in [0.2, 0.25) is 0 Å². The molecule has 1 aromatic heterocycles. The SMILES string of the molecule is CCCn1nccc1C(O)c1ccc(C(C)(C)C)cc1. The minimum Gasteiger partial charge on any atom is -0.382 e. The number of benzene rings is 1. The fourth-order valence-corrected chi connectivity index (χ4v) is 2.31. The van der Waals surface area contributed by atoms with Gasteiger partial charge in [-0.25, -0.2) is 0 Å². The zero-order chi connectivity index (χ0) is 14.8. The van der Waals surface area contributed by atoms with E-state index in [-0.39, 0.29) is 5.41 Å². The highest BCUT2D eigenvalue weighted by atomic mass is 16.3. The largest absolute Gasteiger partial charge is 0.382 e. The topological polar surface area (TPSA) is 38.0 Å². The Balaban J connectivity index is 2.25. The van der Waals surface area contributed by atoms with E-state index in [1.807, 2.05) is 22.9 Å². The van der Waals surface area contributed by atoms with E-state index in [2.05, 4.69) is 44.9 Å². The van der Waals surface area contributed by atoms with Crippen LogP contribution in [-0.2, 0) is 12.0 Å². The highest BCUT2D eigenvalue weighted by Crippen LogP contribution is 2.26. The first kappa shape index (κ1) is 14.8. The predicted octanol–water partition coefficient (Wildman–Crippen LogP) is 3.67. The quantitative estimate of drug-likeness (QED) is 0.922. The van der Waals surface area contributed by atoms with Crippen molar-refractivity contribution in [2.45, 2.75) is 52.2 Å². The molecular formula is C17H24N2O. The van der Waals surface area contributed by atoms with Crippen LogP contribution in [0.1, 0.15) is 57.0 Å². The summed E-state index contributed by atoms with van der Waals surface area (Å²) in [5.41, 5.74) is 3.18. The minimum atomic E-state index is -0.613. The van der Waals surface area contributed by atoms with Gasteiger partial charge in [0, 0.05) is 12.7 Å². The van der Waals surface area contributed by atoms with E-state index in [1.165, 1.54) is 5.56 Å². The van der Waals surface area contributed by atoms with E-state index in [0.29, 0.717) is 0 Å². The van der Waals surface area contributed by atoms with E-state index < -0.39 is 6.10 Å². The van der Waals surface area contributed by atoms with Crippen molar-refractivity contribution >= 4 is 0 Å². The summed E-state index contributed by atoms with van der Waals surface area (Å²) in [6, 6.07) is 10.1. The molecule has 0 saturated carbocycles. The molecule has 0 saturated heterocycles. The van der Waals surface area contributed by atoms with Gasteiger partial charge in [0.2, 0.25) is 0 Å². The summed E-state index contributed by atoms with van der Waals surface area (Å²) >= 11 is 0. The van der Waals surface area contributed by atoms with Gasteiger partial charge >= 0.3 is 0 Å². The highest BCUT2D eigenvalue weighted by molar-refractivity contribution is 5.31. The number of rotatable bonds is 4. The monoisotopic (exact) mass is 272 g/mol. The second kappa shape index (κ2) is 5.80. The maximum absolute atomic E-state index is 10.5. The summed E-state index contributed by atoms with van der Waals surface area (Å²) in [5, 5.41) is 14.8. The average Bonchev–Trinajstić information content (AvgIpc) is 2.86. The van der Waals surface area contributed by atoms with Crippen LogP contribution >= 0.6 is 0 Å². The summed E-state index contributed by atoms with van der Waals surface area (Å²) in [6.07, 6.45) is 2.14. The van der Waals surface area contributed by atoms with Crippen molar-refractivity contribution in [1.29, 1.82) is 0 Å². The van der Waals surface area contributed by atoms with E-state index in [0.717, 1.165) is 24.2 Å². The molecule has 0 aliphatic rings. The Morgan fingerprint density at radius 2 is 1.80 bits per heavy atom. The van der Waals surface area contributed by atoms with Gasteiger partial charge in [-0.05, 0) is 29.0 Å². The molecule has 0 fully saturated rings. The molecule has 0 amide bonds. The van der Waals surface area contributed by atoms with Crippen LogP contribution in [0.5, 0.6) is 0 Å². The average molecular weight is 272 g/mol. The first-order valence-corrected chi connectivity index (χ1v) is 7.23. The smallest absolute Gasteiger partial charge is 0.121 e. The lowest BCUT2D eigenvalue weighted by Gasteiger charge is -2.20. The summed E-state index contributed by atoms with van der Waals surface area (Å²) < 4.78 is 1.88. The van der Waals surface area contributed by atoms with Gasteiger partial charge in [0.15, 0.2) is 0 Å². The molecule has 0 aliphatic carbocycles. The van der Waals surface area contributed by atoms with Gasteiger partial charge in [0.25, 0.3) is 0 Å². The summed E-state index contributed by atoms with van der Waals surface area (Å²) in [5.74, 6) is 0. The Morgan fingerprint density at radius 1 is 1.15 bits per heavy atom. The first-order valence-electron chi connectivity index (χ1n) is 7.23. The molecule has 1 aromatic carbocycles. The van der Waals surface area contributed by atoms with Gasteiger partial charge in [-0.1, -0.05) is 52.0 Å². The molecule has 1 unspecified atom stereocenters. The molecule has 108 valence electrons. The van der Waals surface area contributed by atoms with E-state index in [9.17, 15) is 5.11 Å².